The van der Waals surface area contributed by atoms with Crippen LogP contribution in [0.2, 0.25) is 5.02 Å². The van der Waals surface area contributed by atoms with Crippen LogP contribution in [-0.4, -0.2) is 11.1 Å². The summed E-state index contributed by atoms with van der Waals surface area (Å²) < 4.78 is 0. The Morgan fingerprint density at radius 1 is 1.09 bits per heavy atom. The summed E-state index contributed by atoms with van der Waals surface area (Å²) in [6.45, 7) is 0. The number of carbonyl (C=O) groups is 1. The van der Waals surface area contributed by atoms with Gasteiger partial charge in [0.15, 0.2) is 5.17 Å². The van der Waals surface area contributed by atoms with Gasteiger partial charge in [0.25, 0.3) is 5.91 Å². The molecule has 110 valence electrons. The first-order valence-corrected chi connectivity index (χ1v) is 7.62. The molecule has 4 nitrogen and oxygen atoms in total. The maximum absolute atomic E-state index is 11.9. The number of thioether (sulfide) groups is 1. The first-order valence-electron chi connectivity index (χ1n) is 6.42. The molecule has 0 spiro atoms. The minimum absolute atomic E-state index is 0. The minimum Gasteiger partial charge on any atom is -0.872 e. The second-order valence-electron chi connectivity index (χ2n) is 4.53. The van der Waals surface area contributed by atoms with Gasteiger partial charge in [-0.2, -0.15) is 0 Å². The Morgan fingerprint density at radius 3 is 2.39 bits per heavy atom. The smallest absolute Gasteiger partial charge is 0.872 e. The van der Waals surface area contributed by atoms with E-state index < -0.39 is 0 Å². The first-order chi connectivity index (χ1) is 10.6. The summed E-state index contributed by atoms with van der Waals surface area (Å²) in [5.41, 5.74) is 1.51. The van der Waals surface area contributed by atoms with Crippen LogP contribution in [0.25, 0.3) is 6.08 Å². The van der Waals surface area contributed by atoms with E-state index in [1.807, 2.05) is 12.1 Å². The van der Waals surface area contributed by atoms with Crippen LogP contribution in [0.1, 0.15) is 5.56 Å². The normalized spacial score (nSPS) is 17.2. The van der Waals surface area contributed by atoms with Gasteiger partial charge in [-0.15, -0.1) is 5.75 Å². The van der Waals surface area contributed by atoms with E-state index in [1.54, 1.807) is 30.3 Å². The van der Waals surface area contributed by atoms with Crippen LogP contribution in [0.4, 0.5) is 5.69 Å². The third-order valence-corrected chi connectivity index (χ3v) is 4.05. The molecule has 0 aliphatic carbocycles. The fourth-order valence-electron chi connectivity index (χ4n) is 1.83. The Hall–Kier alpha value is -1.24. The zero-order valence-corrected chi connectivity index (χ0v) is 15.8. The fraction of sp³-hybridized carbons (Fsp3) is 0. The van der Waals surface area contributed by atoms with Gasteiger partial charge in [-0.05, 0) is 47.7 Å². The van der Waals surface area contributed by atoms with E-state index in [2.05, 4.69) is 10.3 Å². The van der Waals surface area contributed by atoms with E-state index in [0.29, 0.717) is 20.8 Å². The predicted octanol–water partition coefficient (Wildman–Crippen LogP) is 0.309. The molecule has 0 unspecified atom stereocenters. The summed E-state index contributed by atoms with van der Waals surface area (Å²) in [6, 6.07) is 13.3. The molecule has 0 radical (unpaired) electrons. The van der Waals surface area contributed by atoms with Gasteiger partial charge in [-0.3, -0.25) is 4.79 Å². The molecule has 3 rings (SSSR count). The Labute approximate surface area is 164 Å². The minimum atomic E-state index is -0.195. The molecule has 1 fully saturated rings. The van der Waals surface area contributed by atoms with Crippen molar-refractivity contribution in [1.29, 1.82) is 0 Å². The number of nitrogens with zero attached hydrogens (tertiary/aromatic N) is 1. The van der Waals surface area contributed by atoms with Crippen molar-refractivity contribution in [3.63, 3.8) is 0 Å². The van der Waals surface area contributed by atoms with Crippen molar-refractivity contribution in [2.24, 2.45) is 4.99 Å². The summed E-state index contributed by atoms with van der Waals surface area (Å²) in [4.78, 5) is 16.8. The first kappa shape index (κ1) is 18.1. The maximum Gasteiger partial charge on any atom is 1.00 e. The number of aliphatic imine (C=N–C) groups is 1. The van der Waals surface area contributed by atoms with Gasteiger partial charge in [0.2, 0.25) is 0 Å². The van der Waals surface area contributed by atoms with E-state index in [-0.39, 0.29) is 41.2 Å². The molecule has 2 aromatic rings. The van der Waals surface area contributed by atoms with E-state index in [9.17, 15) is 9.90 Å². The molecule has 0 saturated carbocycles. The standard InChI is InChI=1S/C16H11ClN2O2S.Na/c17-11-3-1-10(2-4-11)9-14-15(21)19-16(22-14)18-12-5-7-13(20)8-6-12;/h1-9,20H,(H,18,19,21);/q;+1/p-1/b14-9-;. The van der Waals surface area contributed by atoms with Crippen molar-refractivity contribution in [3.8, 4) is 5.75 Å². The largest absolute Gasteiger partial charge is 1.00 e. The number of nitrogens with one attached hydrogen (secondary N) is 1. The Bertz CT molecular complexity index is 774. The third-order valence-electron chi connectivity index (χ3n) is 2.89. The number of hydrogen-bond acceptors (Lipinski definition) is 4. The molecule has 0 aromatic heterocycles. The monoisotopic (exact) mass is 352 g/mol. The van der Waals surface area contributed by atoms with Crippen molar-refractivity contribution in [1.82, 2.24) is 5.32 Å². The van der Waals surface area contributed by atoms with Crippen molar-refractivity contribution >= 4 is 46.2 Å². The average molecular weight is 353 g/mol. The zero-order valence-electron chi connectivity index (χ0n) is 12.2. The molecule has 1 saturated heterocycles. The van der Waals surface area contributed by atoms with E-state index >= 15 is 0 Å². The molecule has 2 aromatic carbocycles. The van der Waals surface area contributed by atoms with E-state index in [1.165, 1.54) is 23.9 Å². The third kappa shape index (κ3) is 4.86. The Balaban J connectivity index is 0.00000192. The van der Waals surface area contributed by atoms with Gasteiger partial charge in [-0.1, -0.05) is 35.9 Å². The predicted molar refractivity (Wildman–Crippen MR) is 88.1 cm³/mol. The number of amidine groups is 1. The SMILES string of the molecule is O=C1NC(=Nc2ccc([O-])cc2)S/C1=C\c1ccc(Cl)cc1.[Na+]. The summed E-state index contributed by atoms with van der Waals surface area (Å²) in [7, 11) is 0. The van der Waals surface area contributed by atoms with Crippen molar-refractivity contribution in [3.05, 3.63) is 64.0 Å². The van der Waals surface area contributed by atoms with Gasteiger partial charge >= 0.3 is 29.6 Å². The zero-order chi connectivity index (χ0) is 15.5. The molecule has 0 atom stereocenters. The molecule has 0 bridgehead atoms. The van der Waals surface area contributed by atoms with Crippen LogP contribution in [0.15, 0.2) is 58.4 Å². The molecule has 1 N–H and O–H groups in total. The molecule has 7 heteroatoms. The molecular formula is C16H10ClN2NaO2S. The van der Waals surface area contributed by atoms with Crippen molar-refractivity contribution in [2.75, 3.05) is 0 Å². The molecule has 1 heterocycles. The fourth-order valence-corrected chi connectivity index (χ4v) is 2.80. The molecular weight excluding hydrogens is 343 g/mol. The van der Waals surface area contributed by atoms with Crippen LogP contribution >= 0.6 is 23.4 Å². The Morgan fingerprint density at radius 2 is 1.74 bits per heavy atom. The van der Waals surface area contributed by atoms with Crippen LogP contribution < -0.4 is 40.0 Å². The van der Waals surface area contributed by atoms with Gasteiger partial charge in [-0.25, -0.2) is 4.99 Å². The van der Waals surface area contributed by atoms with Gasteiger partial charge < -0.3 is 10.4 Å². The van der Waals surface area contributed by atoms with Crippen molar-refractivity contribution < 1.29 is 39.5 Å². The number of rotatable bonds is 2. The molecule has 1 amide bonds. The molecule has 1 aliphatic rings. The van der Waals surface area contributed by atoms with Crippen LogP contribution in [0.3, 0.4) is 0 Å². The number of benzene rings is 2. The average Bonchev–Trinajstić information content (AvgIpc) is 2.84. The second kappa shape index (κ2) is 8.04. The van der Waals surface area contributed by atoms with Gasteiger partial charge in [0, 0.05) is 5.02 Å². The number of halogens is 1. The molecule has 1 aliphatic heterocycles. The van der Waals surface area contributed by atoms with Crippen LogP contribution in [-0.2, 0) is 4.79 Å². The van der Waals surface area contributed by atoms with Crippen LogP contribution in [0, 0.1) is 0 Å². The number of carbonyl (C=O) groups excluding carboxylic acids is 1. The number of hydrogen-bond donors (Lipinski definition) is 1. The summed E-state index contributed by atoms with van der Waals surface area (Å²) >= 11 is 7.09. The van der Waals surface area contributed by atoms with Gasteiger partial charge in [0.05, 0.1) is 10.6 Å². The maximum atomic E-state index is 11.9. The summed E-state index contributed by atoms with van der Waals surface area (Å²) in [5, 5.41) is 14.9. The van der Waals surface area contributed by atoms with Crippen molar-refractivity contribution in [2.45, 2.75) is 0 Å². The topological polar surface area (TPSA) is 64.5 Å². The van der Waals surface area contributed by atoms with Gasteiger partial charge in [0.1, 0.15) is 0 Å². The Kier molecular flexibility index (Phi) is 6.33. The summed E-state index contributed by atoms with van der Waals surface area (Å²) in [5.74, 6) is -0.269. The molecule has 23 heavy (non-hydrogen) atoms. The quantitative estimate of drug-likeness (QED) is 0.625. The number of amides is 1. The second-order valence-corrected chi connectivity index (χ2v) is 5.99. The van der Waals surface area contributed by atoms with E-state index in [4.69, 9.17) is 11.6 Å². The van der Waals surface area contributed by atoms with Crippen LogP contribution in [0.5, 0.6) is 5.75 Å². The summed E-state index contributed by atoms with van der Waals surface area (Å²) in [6.07, 6.45) is 1.78. The van der Waals surface area contributed by atoms with E-state index in [0.717, 1.165) is 5.56 Å².